The van der Waals surface area contributed by atoms with Crippen LogP contribution in [-0.2, 0) is 7.05 Å². The summed E-state index contributed by atoms with van der Waals surface area (Å²) in [7, 11) is 1.87. The Morgan fingerprint density at radius 3 is 2.96 bits per heavy atom. The molecule has 128 valence electrons. The van der Waals surface area contributed by atoms with Crippen molar-refractivity contribution in [3.8, 4) is 23.0 Å². The number of H-pyrrole nitrogens is 1. The molecule has 5 aromatic rings. The Bertz CT molecular complexity index is 1290. The number of nitrogens with one attached hydrogen (secondary N) is 1. The van der Waals surface area contributed by atoms with Gasteiger partial charge in [0.25, 0.3) is 5.89 Å². The molecule has 0 saturated carbocycles. The average Bonchev–Trinajstić information content (AvgIpc) is 3.34. The minimum atomic E-state index is -0.361. The molecule has 0 bridgehead atoms. The van der Waals surface area contributed by atoms with Gasteiger partial charge in [-0.1, -0.05) is 28.9 Å². The first kappa shape index (κ1) is 15.1. The maximum Gasteiger partial charge on any atom is 0.276 e. The lowest BCUT2D eigenvalue weighted by Gasteiger charge is -1.97. The van der Waals surface area contributed by atoms with E-state index in [1.54, 1.807) is 16.9 Å². The predicted octanol–water partition coefficient (Wildman–Crippen LogP) is 4.56. The maximum atomic E-state index is 13.5. The molecule has 0 saturated heterocycles. The third-order valence-corrected chi connectivity index (χ3v) is 4.74. The lowest BCUT2D eigenvalue weighted by molar-refractivity contribution is 0.431. The summed E-state index contributed by atoms with van der Waals surface area (Å²) in [5.41, 5.74) is 2.93. The van der Waals surface area contributed by atoms with E-state index in [4.69, 9.17) is 16.1 Å². The summed E-state index contributed by atoms with van der Waals surface area (Å²) in [5.74, 6) is 0.316. The van der Waals surface area contributed by atoms with E-state index >= 15 is 0 Å². The van der Waals surface area contributed by atoms with Crippen molar-refractivity contribution in [3.05, 3.63) is 53.4 Å². The number of aryl methyl sites for hydroxylation is 1. The second-order valence-electron chi connectivity index (χ2n) is 5.97. The van der Waals surface area contributed by atoms with E-state index in [-0.39, 0.29) is 11.7 Å². The largest absolute Gasteiger partial charge is 0.349 e. The third-order valence-electron chi connectivity index (χ3n) is 4.34. The second kappa shape index (κ2) is 5.40. The van der Waals surface area contributed by atoms with Crippen molar-refractivity contribution in [3.63, 3.8) is 0 Å². The smallest absolute Gasteiger partial charge is 0.276 e. The highest BCUT2D eigenvalue weighted by Crippen LogP contribution is 2.35. The van der Waals surface area contributed by atoms with Crippen LogP contribution in [0.3, 0.4) is 0 Å². The fourth-order valence-corrected chi connectivity index (χ4v) is 3.29. The summed E-state index contributed by atoms with van der Waals surface area (Å²) in [4.78, 5) is 7.53. The van der Waals surface area contributed by atoms with Crippen molar-refractivity contribution < 1.29 is 8.91 Å². The van der Waals surface area contributed by atoms with Gasteiger partial charge in [0.15, 0.2) is 0 Å². The summed E-state index contributed by atoms with van der Waals surface area (Å²) in [6, 6.07) is 10.1. The standard InChI is InChI=1S/C18H11ClFN5O/c1-25-14-6-9(2-3-10(14)8-21-25)17-23-18(26-24-17)16-15(19)12-7-11(20)4-5-13(12)22-16/h2-8,22H,1H3. The van der Waals surface area contributed by atoms with Crippen molar-refractivity contribution in [1.82, 2.24) is 24.9 Å². The van der Waals surface area contributed by atoms with Crippen LogP contribution in [-0.4, -0.2) is 24.9 Å². The molecule has 0 unspecified atom stereocenters. The highest BCUT2D eigenvalue weighted by atomic mass is 35.5. The molecule has 0 atom stereocenters. The van der Waals surface area contributed by atoms with Crippen LogP contribution in [0.15, 0.2) is 47.1 Å². The predicted molar refractivity (Wildman–Crippen MR) is 96.3 cm³/mol. The molecule has 0 amide bonds. The molecular weight excluding hydrogens is 357 g/mol. The number of aromatic amines is 1. The molecule has 0 radical (unpaired) electrons. The number of halogens is 2. The zero-order valence-corrected chi connectivity index (χ0v) is 14.3. The number of hydrogen-bond acceptors (Lipinski definition) is 4. The Morgan fingerprint density at radius 2 is 2.08 bits per heavy atom. The number of hydrogen-bond donors (Lipinski definition) is 1. The minimum absolute atomic E-state index is 0.242. The van der Waals surface area contributed by atoms with Crippen LogP contribution in [0.5, 0.6) is 0 Å². The van der Waals surface area contributed by atoms with Gasteiger partial charge in [0.05, 0.1) is 16.7 Å². The van der Waals surface area contributed by atoms with Gasteiger partial charge >= 0.3 is 0 Å². The van der Waals surface area contributed by atoms with Gasteiger partial charge in [-0.2, -0.15) is 10.1 Å². The van der Waals surface area contributed by atoms with Gasteiger partial charge in [0.1, 0.15) is 11.5 Å². The first-order valence-electron chi connectivity index (χ1n) is 7.83. The van der Waals surface area contributed by atoms with Crippen molar-refractivity contribution in [1.29, 1.82) is 0 Å². The van der Waals surface area contributed by atoms with Crippen LogP contribution >= 0.6 is 11.6 Å². The summed E-state index contributed by atoms with van der Waals surface area (Å²) in [6.45, 7) is 0. The summed E-state index contributed by atoms with van der Waals surface area (Å²) in [5, 5.41) is 10.2. The van der Waals surface area contributed by atoms with Crippen LogP contribution in [0.1, 0.15) is 0 Å². The maximum absolute atomic E-state index is 13.5. The van der Waals surface area contributed by atoms with E-state index in [9.17, 15) is 4.39 Å². The Labute approximate surface area is 151 Å². The number of rotatable bonds is 2. The van der Waals surface area contributed by atoms with E-state index in [0.29, 0.717) is 27.4 Å². The molecule has 1 N–H and O–H groups in total. The van der Waals surface area contributed by atoms with Crippen molar-refractivity contribution >= 4 is 33.4 Å². The lowest BCUT2D eigenvalue weighted by Crippen LogP contribution is -1.89. The summed E-state index contributed by atoms with van der Waals surface area (Å²) >= 11 is 6.37. The molecule has 6 nitrogen and oxygen atoms in total. The number of benzene rings is 2. The normalized spacial score (nSPS) is 11.7. The second-order valence-corrected chi connectivity index (χ2v) is 6.35. The van der Waals surface area contributed by atoms with Crippen LogP contribution < -0.4 is 0 Å². The monoisotopic (exact) mass is 367 g/mol. The molecule has 2 aromatic carbocycles. The number of aromatic nitrogens is 5. The fourth-order valence-electron chi connectivity index (χ4n) is 3.00. The lowest BCUT2D eigenvalue weighted by atomic mass is 10.1. The van der Waals surface area contributed by atoms with Crippen molar-refractivity contribution in [2.24, 2.45) is 7.05 Å². The number of nitrogens with zero attached hydrogens (tertiary/aromatic N) is 4. The van der Waals surface area contributed by atoms with Gasteiger partial charge in [-0.15, -0.1) is 0 Å². The first-order valence-corrected chi connectivity index (χ1v) is 8.21. The van der Waals surface area contributed by atoms with Crippen molar-refractivity contribution in [2.75, 3.05) is 0 Å². The summed E-state index contributed by atoms with van der Waals surface area (Å²) in [6.07, 6.45) is 1.80. The molecule has 0 aliphatic rings. The van der Waals surface area contributed by atoms with Crippen LogP contribution in [0, 0.1) is 5.82 Å². The fraction of sp³-hybridized carbons (Fsp3) is 0.0556. The molecular formula is C18H11ClFN5O. The highest BCUT2D eigenvalue weighted by molar-refractivity contribution is 6.38. The van der Waals surface area contributed by atoms with Crippen LogP contribution in [0.25, 0.3) is 44.8 Å². The molecule has 0 fully saturated rings. The molecule has 0 aliphatic carbocycles. The van der Waals surface area contributed by atoms with Gasteiger partial charge in [-0.05, 0) is 24.3 Å². The SMILES string of the molecule is Cn1ncc2ccc(-c3noc(-c4[nH]c5ccc(F)cc5c4Cl)n3)cc21. The van der Waals surface area contributed by atoms with E-state index in [1.807, 2.05) is 25.2 Å². The molecule has 5 rings (SSSR count). The van der Waals surface area contributed by atoms with Gasteiger partial charge < -0.3 is 9.51 Å². The summed E-state index contributed by atoms with van der Waals surface area (Å²) < 4.78 is 20.6. The zero-order valence-electron chi connectivity index (χ0n) is 13.5. The van der Waals surface area contributed by atoms with E-state index in [1.165, 1.54) is 12.1 Å². The zero-order chi connectivity index (χ0) is 17.8. The molecule has 3 aromatic heterocycles. The Morgan fingerprint density at radius 1 is 1.19 bits per heavy atom. The van der Waals surface area contributed by atoms with E-state index < -0.39 is 0 Å². The average molecular weight is 368 g/mol. The van der Waals surface area contributed by atoms with Gasteiger partial charge in [0, 0.05) is 28.9 Å². The minimum Gasteiger partial charge on any atom is -0.349 e. The Balaban J connectivity index is 1.61. The van der Waals surface area contributed by atoms with Gasteiger partial charge in [-0.3, -0.25) is 4.68 Å². The van der Waals surface area contributed by atoms with Gasteiger partial charge in [0.2, 0.25) is 5.82 Å². The van der Waals surface area contributed by atoms with E-state index in [0.717, 1.165) is 16.5 Å². The van der Waals surface area contributed by atoms with E-state index in [2.05, 4.69) is 20.2 Å². The van der Waals surface area contributed by atoms with Crippen LogP contribution in [0.4, 0.5) is 4.39 Å². The first-order chi connectivity index (χ1) is 12.6. The Hall–Kier alpha value is -3.19. The Kier molecular flexibility index (Phi) is 3.14. The molecule has 3 heterocycles. The third kappa shape index (κ3) is 2.21. The molecule has 0 spiro atoms. The molecule has 8 heteroatoms. The molecule has 0 aliphatic heterocycles. The highest BCUT2D eigenvalue weighted by Gasteiger charge is 2.18. The molecule has 26 heavy (non-hydrogen) atoms. The van der Waals surface area contributed by atoms with Crippen molar-refractivity contribution in [2.45, 2.75) is 0 Å². The quantitative estimate of drug-likeness (QED) is 0.496. The van der Waals surface area contributed by atoms with Crippen LogP contribution in [0.2, 0.25) is 5.02 Å². The van der Waals surface area contributed by atoms with Gasteiger partial charge in [-0.25, -0.2) is 4.39 Å². The number of fused-ring (bicyclic) bond motifs is 2. The topological polar surface area (TPSA) is 72.5 Å².